The molecule has 1 amide bonds. The number of benzene rings is 1. The lowest BCUT2D eigenvalue weighted by molar-refractivity contribution is 0.101. The summed E-state index contributed by atoms with van der Waals surface area (Å²) in [7, 11) is 0. The third kappa shape index (κ3) is 3.32. The molecule has 1 N–H and O–H groups in total. The van der Waals surface area contributed by atoms with Crippen LogP contribution in [0.3, 0.4) is 0 Å². The Bertz CT molecular complexity index is 718. The van der Waals surface area contributed by atoms with Crippen molar-refractivity contribution in [1.29, 1.82) is 0 Å². The smallest absolute Gasteiger partial charge is 0.277 e. The Labute approximate surface area is 130 Å². The Morgan fingerprint density at radius 1 is 1.14 bits per heavy atom. The number of hydrogen-bond acceptors (Lipinski definition) is 2. The highest BCUT2D eigenvalue weighted by atomic mass is 19.1. The molecule has 0 fully saturated rings. The second-order valence-electron chi connectivity index (χ2n) is 6.52. The van der Waals surface area contributed by atoms with Crippen LogP contribution in [0.15, 0.2) is 30.5 Å². The number of nitrogens with zero attached hydrogens (tertiary/aromatic N) is 1. The lowest BCUT2D eigenvalue weighted by Crippen LogP contribution is -2.18. The molecule has 116 valence electrons. The number of halogens is 1. The van der Waals surface area contributed by atoms with Crippen molar-refractivity contribution in [2.75, 3.05) is 5.32 Å². The van der Waals surface area contributed by atoms with Gasteiger partial charge < -0.3 is 5.32 Å². The van der Waals surface area contributed by atoms with Crippen LogP contribution in [0, 0.1) is 19.7 Å². The molecule has 3 nitrogen and oxygen atoms in total. The Morgan fingerprint density at radius 3 is 2.45 bits per heavy atom. The average molecular weight is 300 g/mol. The van der Waals surface area contributed by atoms with Gasteiger partial charge in [0.2, 0.25) is 0 Å². The van der Waals surface area contributed by atoms with Gasteiger partial charge >= 0.3 is 0 Å². The lowest BCUT2D eigenvalue weighted by Gasteiger charge is -2.22. The van der Waals surface area contributed by atoms with Gasteiger partial charge in [0.05, 0.1) is 0 Å². The molecular weight excluding hydrogens is 279 g/mol. The molecule has 0 spiro atoms. The monoisotopic (exact) mass is 300 g/mol. The number of carbonyl (C=O) groups is 1. The first-order valence-electron chi connectivity index (χ1n) is 7.23. The van der Waals surface area contributed by atoms with Crippen LogP contribution in [-0.4, -0.2) is 10.9 Å². The highest BCUT2D eigenvalue weighted by Gasteiger charge is 2.19. The molecule has 22 heavy (non-hydrogen) atoms. The summed E-state index contributed by atoms with van der Waals surface area (Å²) in [5, 5.41) is 2.72. The molecular formula is C18H21FN2O. The van der Waals surface area contributed by atoms with Crippen molar-refractivity contribution in [1.82, 2.24) is 4.98 Å². The van der Waals surface area contributed by atoms with Crippen LogP contribution in [0.1, 0.15) is 48.0 Å². The fourth-order valence-electron chi connectivity index (χ4n) is 2.40. The van der Waals surface area contributed by atoms with Crippen molar-refractivity contribution in [2.24, 2.45) is 0 Å². The summed E-state index contributed by atoms with van der Waals surface area (Å²) in [6, 6.07) is 7.24. The largest absolute Gasteiger partial charge is 0.321 e. The van der Waals surface area contributed by atoms with Gasteiger partial charge in [-0.2, -0.15) is 0 Å². The van der Waals surface area contributed by atoms with Gasteiger partial charge in [-0.3, -0.25) is 4.79 Å². The Morgan fingerprint density at radius 2 is 1.82 bits per heavy atom. The van der Waals surface area contributed by atoms with Crippen LogP contribution in [0.4, 0.5) is 10.1 Å². The van der Waals surface area contributed by atoms with Crippen LogP contribution < -0.4 is 5.32 Å². The third-order valence-corrected chi connectivity index (χ3v) is 3.60. The highest BCUT2D eigenvalue weighted by Crippen LogP contribution is 2.28. The zero-order valence-corrected chi connectivity index (χ0v) is 13.6. The van der Waals surface area contributed by atoms with E-state index >= 15 is 0 Å². The maximum absolute atomic E-state index is 14.0. The van der Waals surface area contributed by atoms with E-state index in [1.54, 1.807) is 6.92 Å². The summed E-state index contributed by atoms with van der Waals surface area (Å²) >= 11 is 0. The number of amides is 1. The quantitative estimate of drug-likeness (QED) is 0.894. The first-order valence-corrected chi connectivity index (χ1v) is 7.23. The summed E-state index contributed by atoms with van der Waals surface area (Å²) < 4.78 is 14.0. The summed E-state index contributed by atoms with van der Waals surface area (Å²) in [5.41, 5.74) is 3.13. The van der Waals surface area contributed by atoms with E-state index < -0.39 is 11.7 Å². The molecule has 0 bridgehead atoms. The first kappa shape index (κ1) is 16.1. The van der Waals surface area contributed by atoms with Crippen LogP contribution in [0.5, 0.6) is 0 Å². The minimum atomic E-state index is -0.580. The average Bonchev–Trinajstić information content (AvgIpc) is 2.42. The van der Waals surface area contributed by atoms with Gasteiger partial charge in [-0.1, -0.05) is 26.8 Å². The van der Waals surface area contributed by atoms with E-state index in [1.807, 2.05) is 25.1 Å². The van der Waals surface area contributed by atoms with E-state index in [2.05, 4.69) is 31.1 Å². The molecule has 1 heterocycles. The summed E-state index contributed by atoms with van der Waals surface area (Å²) in [4.78, 5) is 16.1. The topological polar surface area (TPSA) is 42.0 Å². The number of aryl methyl sites for hydroxylation is 2. The normalized spacial score (nSPS) is 11.4. The van der Waals surface area contributed by atoms with Gasteiger partial charge in [-0.05, 0) is 54.2 Å². The maximum Gasteiger partial charge on any atom is 0.277 e. The van der Waals surface area contributed by atoms with Gasteiger partial charge in [0.1, 0.15) is 0 Å². The van der Waals surface area contributed by atoms with E-state index in [-0.39, 0.29) is 11.1 Å². The van der Waals surface area contributed by atoms with E-state index in [9.17, 15) is 9.18 Å². The molecule has 0 aliphatic rings. The lowest BCUT2D eigenvalue weighted by atomic mass is 9.84. The molecule has 0 aliphatic heterocycles. The SMILES string of the molecule is Cc1ccc(NC(=O)c2nccc(C)c2F)cc1C(C)(C)C. The minimum Gasteiger partial charge on any atom is -0.321 e. The molecule has 0 saturated heterocycles. The van der Waals surface area contributed by atoms with Crippen molar-refractivity contribution in [3.8, 4) is 0 Å². The van der Waals surface area contributed by atoms with Gasteiger partial charge in [0.15, 0.2) is 11.5 Å². The first-order chi connectivity index (χ1) is 10.2. The fraction of sp³-hybridized carbons (Fsp3) is 0.333. The number of hydrogen-bond donors (Lipinski definition) is 1. The van der Waals surface area contributed by atoms with E-state index in [0.717, 1.165) is 11.1 Å². The molecule has 0 aliphatic carbocycles. The molecule has 1 aromatic carbocycles. The number of nitrogens with one attached hydrogen (secondary N) is 1. The third-order valence-electron chi connectivity index (χ3n) is 3.60. The summed E-state index contributed by atoms with van der Waals surface area (Å²) in [6.07, 6.45) is 1.43. The van der Waals surface area contributed by atoms with Crippen molar-refractivity contribution < 1.29 is 9.18 Å². The van der Waals surface area contributed by atoms with Crippen LogP contribution >= 0.6 is 0 Å². The van der Waals surface area contributed by atoms with Crippen molar-refractivity contribution in [3.63, 3.8) is 0 Å². The van der Waals surface area contributed by atoms with E-state index in [0.29, 0.717) is 11.3 Å². The van der Waals surface area contributed by atoms with Gasteiger partial charge in [0, 0.05) is 11.9 Å². The number of rotatable bonds is 2. The number of aromatic nitrogens is 1. The second kappa shape index (κ2) is 5.87. The van der Waals surface area contributed by atoms with Gasteiger partial charge in [-0.15, -0.1) is 0 Å². The van der Waals surface area contributed by atoms with Crippen LogP contribution in [0.25, 0.3) is 0 Å². The predicted octanol–water partition coefficient (Wildman–Crippen LogP) is 4.39. The van der Waals surface area contributed by atoms with Crippen molar-refractivity contribution in [3.05, 3.63) is 58.7 Å². The zero-order chi connectivity index (χ0) is 16.5. The molecule has 2 rings (SSSR count). The van der Waals surface area contributed by atoms with E-state index in [1.165, 1.54) is 12.3 Å². The van der Waals surface area contributed by atoms with Gasteiger partial charge in [0.25, 0.3) is 5.91 Å². The number of pyridine rings is 1. The second-order valence-corrected chi connectivity index (χ2v) is 6.52. The molecule has 0 radical (unpaired) electrons. The maximum atomic E-state index is 14.0. The Balaban J connectivity index is 2.31. The molecule has 1 aromatic heterocycles. The summed E-state index contributed by atoms with van der Waals surface area (Å²) in [6.45, 7) is 9.99. The Kier molecular flexibility index (Phi) is 4.31. The van der Waals surface area contributed by atoms with Gasteiger partial charge in [-0.25, -0.2) is 9.37 Å². The molecule has 2 aromatic rings. The highest BCUT2D eigenvalue weighted by molar-refractivity contribution is 6.03. The standard InChI is InChI=1S/C18H21FN2O/c1-11-6-7-13(10-14(11)18(3,4)5)21-17(22)16-15(19)12(2)8-9-20-16/h6-10H,1-5H3,(H,21,22). The Hall–Kier alpha value is -2.23. The summed E-state index contributed by atoms with van der Waals surface area (Å²) in [5.74, 6) is -1.12. The minimum absolute atomic E-state index is 0.0301. The van der Waals surface area contributed by atoms with Crippen LogP contribution in [0.2, 0.25) is 0 Å². The van der Waals surface area contributed by atoms with E-state index in [4.69, 9.17) is 0 Å². The van der Waals surface area contributed by atoms with Crippen molar-refractivity contribution >= 4 is 11.6 Å². The zero-order valence-electron chi connectivity index (χ0n) is 13.6. The molecule has 4 heteroatoms. The predicted molar refractivity (Wildman–Crippen MR) is 86.8 cm³/mol. The van der Waals surface area contributed by atoms with Crippen molar-refractivity contribution in [2.45, 2.75) is 40.0 Å². The fourth-order valence-corrected chi connectivity index (χ4v) is 2.40. The molecule has 0 atom stereocenters. The number of anilines is 1. The molecule has 0 unspecified atom stereocenters. The molecule has 0 saturated carbocycles. The van der Waals surface area contributed by atoms with Crippen LogP contribution in [-0.2, 0) is 5.41 Å². The number of carbonyl (C=O) groups excluding carboxylic acids is 1.